The number of nitrogens with zero attached hydrogens (tertiary/aromatic N) is 2. The van der Waals surface area contributed by atoms with Crippen molar-refractivity contribution in [2.75, 3.05) is 7.11 Å². The van der Waals surface area contributed by atoms with Crippen molar-refractivity contribution in [3.8, 4) is 0 Å². The Hall–Kier alpha value is -2.30. The highest BCUT2D eigenvalue weighted by Gasteiger charge is 2.09. The van der Waals surface area contributed by atoms with Crippen LogP contribution in [-0.2, 0) is 17.6 Å². The summed E-state index contributed by atoms with van der Waals surface area (Å²) in [6, 6.07) is 13.3. The fourth-order valence-corrected chi connectivity index (χ4v) is 2.69. The van der Waals surface area contributed by atoms with Crippen molar-refractivity contribution in [1.82, 2.24) is 10.1 Å². The van der Waals surface area contributed by atoms with Crippen LogP contribution in [0.15, 0.2) is 53.6 Å². The number of rotatable bonds is 6. The second-order valence-corrected chi connectivity index (χ2v) is 6.34. The van der Waals surface area contributed by atoms with Crippen molar-refractivity contribution < 1.29 is 9.26 Å². The van der Waals surface area contributed by atoms with Gasteiger partial charge in [-0.2, -0.15) is 4.98 Å². The minimum atomic E-state index is 0.510. The fourth-order valence-electron chi connectivity index (χ4n) is 2.37. The number of aromatic nitrogens is 2. The first kappa shape index (κ1) is 17.5. The maximum absolute atomic E-state index is 6.02. The van der Waals surface area contributed by atoms with E-state index < -0.39 is 0 Å². The van der Waals surface area contributed by atoms with Gasteiger partial charge in [0.2, 0.25) is 5.89 Å². The van der Waals surface area contributed by atoms with E-state index in [2.05, 4.69) is 16.7 Å². The van der Waals surface area contributed by atoms with Crippen LogP contribution >= 0.6 is 23.2 Å². The van der Waals surface area contributed by atoms with Crippen molar-refractivity contribution >= 4 is 29.0 Å². The van der Waals surface area contributed by atoms with Crippen molar-refractivity contribution in [2.45, 2.75) is 12.8 Å². The van der Waals surface area contributed by atoms with E-state index in [0.717, 1.165) is 16.7 Å². The van der Waals surface area contributed by atoms with E-state index >= 15 is 0 Å². The van der Waals surface area contributed by atoms with Crippen LogP contribution in [0.4, 0.5) is 0 Å². The van der Waals surface area contributed by atoms with Gasteiger partial charge in [-0.1, -0.05) is 65.3 Å². The Bertz CT molecular complexity index is 889. The van der Waals surface area contributed by atoms with Crippen LogP contribution in [0.2, 0.25) is 10.0 Å². The highest BCUT2D eigenvalue weighted by Crippen LogP contribution is 2.23. The molecule has 0 saturated carbocycles. The average Bonchev–Trinajstić information content (AvgIpc) is 3.05. The normalized spacial score (nSPS) is 10.7. The smallest absolute Gasteiger partial charge is 0.231 e. The first-order chi connectivity index (χ1) is 12.0. The molecule has 25 heavy (non-hydrogen) atoms. The zero-order valence-electron chi connectivity index (χ0n) is 13.6. The molecule has 0 bridgehead atoms. The van der Waals surface area contributed by atoms with Crippen LogP contribution < -0.4 is 0 Å². The van der Waals surface area contributed by atoms with E-state index in [9.17, 15) is 0 Å². The lowest BCUT2D eigenvalue weighted by molar-refractivity contribution is 0.371. The minimum Gasteiger partial charge on any atom is -0.497 e. The molecule has 4 nitrogen and oxygen atoms in total. The first-order valence-electron chi connectivity index (χ1n) is 7.63. The molecule has 0 radical (unpaired) electrons. The maximum Gasteiger partial charge on any atom is 0.231 e. The number of methoxy groups -OCH3 is 1. The quantitative estimate of drug-likeness (QED) is 0.558. The van der Waals surface area contributed by atoms with Crippen molar-refractivity contribution in [3.05, 3.63) is 87.5 Å². The average molecular weight is 375 g/mol. The Balaban J connectivity index is 1.67. The molecule has 128 valence electrons. The summed E-state index contributed by atoms with van der Waals surface area (Å²) in [5, 5.41) is 5.07. The van der Waals surface area contributed by atoms with Gasteiger partial charge in [-0.15, -0.1) is 0 Å². The third kappa shape index (κ3) is 4.41. The van der Waals surface area contributed by atoms with E-state index in [0.29, 0.717) is 40.4 Å². The molecule has 2 aromatic carbocycles. The summed E-state index contributed by atoms with van der Waals surface area (Å²) in [6.07, 6.45) is 1.10. The van der Waals surface area contributed by atoms with Crippen LogP contribution in [0.3, 0.4) is 0 Å². The largest absolute Gasteiger partial charge is 0.497 e. The van der Waals surface area contributed by atoms with Gasteiger partial charge in [-0.3, -0.25) is 0 Å². The topological polar surface area (TPSA) is 48.2 Å². The van der Waals surface area contributed by atoms with E-state index in [1.165, 1.54) is 0 Å². The Morgan fingerprint density at radius 3 is 2.44 bits per heavy atom. The van der Waals surface area contributed by atoms with Gasteiger partial charge in [-0.25, -0.2) is 0 Å². The summed E-state index contributed by atoms with van der Waals surface area (Å²) in [6.45, 7) is 3.83. The van der Waals surface area contributed by atoms with Gasteiger partial charge in [0.15, 0.2) is 5.82 Å². The van der Waals surface area contributed by atoms with E-state index in [4.69, 9.17) is 32.5 Å². The van der Waals surface area contributed by atoms with E-state index in [-0.39, 0.29) is 0 Å². The van der Waals surface area contributed by atoms with Gasteiger partial charge in [0.1, 0.15) is 5.76 Å². The van der Waals surface area contributed by atoms with Crippen molar-refractivity contribution in [2.24, 2.45) is 0 Å². The molecule has 0 aliphatic carbocycles. The van der Waals surface area contributed by atoms with Crippen molar-refractivity contribution in [1.29, 1.82) is 0 Å². The Labute approximate surface area is 156 Å². The van der Waals surface area contributed by atoms with Crippen LogP contribution in [0.25, 0.3) is 5.76 Å². The lowest BCUT2D eigenvalue weighted by atomic mass is 10.1. The molecule has 3 aromatic rings. The molecule has 3 rings (SSSR count). The summed E-state index contributed by atoms with van der Waals surface area (Å²) in [5.74, 6) is 1.81. The second kappa shape index (κ2) is 7.72. The molecule has 1 heterocycles. The highest BCUT2D eigenvalue weighted by atomic mass is 35.5. The third-order valence-corrected chi connectivity index (χ3v) is 4.47. The molecule has 0 aliphatic heterocycles. The molecule has 0 amide bonds. The molecule has 0 spiro atoms. The minimum absolute atomic E-state index is 0.510. The molecule has 0 unspecified atom stereocenters. The predicted octanol–water partition coefficient (Wildman–Crippen LogP) is 5.18. The monoisotopic (exact) mass is 374 g/mol. The summed E-state index contributed by atoms with van der Waals surface area (Å²) < 4.78 is 10.4. The maximum atomic E-state index is 6.02. The highest BCUT2D eigenvalue weighted by molar-refractivity contribution is 6.42. The zero-order chi connectivity index (χ0) is 17.8. The number of ether oxygens (including phenoxy) is 1. The van der Waals surface area contributed by atoms with Crippen LogP contribution in [0.5, 0.6) is 0 Å². The Kier molecular flexibility index (Phi) is 5.41. The van der Waals surface area contributed by atoms with Gasteiger partial charge in [-0.05, 0) is 23.3 Å². The molecule has 6 heteroatoms. The number of benzene rings is 2. The molecule has 0 fully saturated rings. The second-order valence-electron chi connectivity index (χ2n) is 5.53. The van der Waals surface area contributed by atoms with Gasteiger partial charge in [0.05, 0.1) is 23.6 Å². The Morgan fingerprint density at radius 1 is 1.04 bits per heavy atom. The molecular weight excluding hydrogens is 359 g/mol. The summed E-state index contributed by atoms with van der Waals surface area (Å²) in [4.78, 5) is 4.43. The molecule has 0 atom stereocenters. The fraction of sp³-hybridized carbons (Fsp3) is 0.158. The van der Waals surface area contributed by atoms with E-state index in [1.807, 2.05) is 30.3 Å². The van der Waals surface area contributed by atoms with E-state index in [1.54, 1.807) is 19.2 Å². The number of hydrogen-bond acceptors (Lipinski definition) is 4. The SMILES string of the molecule is C=C(OC)c1ccc(Cc2noc(Cc3ccc(Cl)c(Cl)c3)n2)cc1. The van der Waals surface area contributed by atoms with Crippen molar-refractivity contribution in [3.63, 3.8) is 0 Å². The first-order valence-corrected chi connectivity index (χ1v) is 8.38. The van der Waals surface area contributed by atoms with Crippen LogP contribution in [-0.4, -0.2) is 17.3 Å². The zero-order valence-corrected chi connectivity index (χ0v) is 15.1. The van der Waals surface area contributed by atoms with Gasteiger partial charge in [0.25, 0.3) is 0 Å². The third-order valence-electron chi connectivity index (χ3n) is 3.73. The van der Waals surface area contributed by atoms with Gasteiger partial charge < -0.3 is 9.26 Å². The van der Waals surface area contributed by atoms with Crippen LogP contribution in [0, 0.1) is 0 Å². The molecule has 0 saturated heterocycles. The van der Waals surface area contributed by atoms with Gasteiger partial charge in [0, 0.05) is 12.0 Å². The Morgan fingerprint density at radius 2 is 1.76 bits per heavy atom. The predicted molar refractivity (Wildman–Crippen MR) is 98.9 cm³/mol. The lowest BCUT2D eigenvalue weighted by Crippen LogP contribution is -1.93. The van der Waals surface area contributed by atoms with Gasteiger partial charge >= 0.3 is 0 Å². The summed E-state index contributed by atoms with van der Waals surface area (Å²) in [5.41, 5.74) is 2.99. The molecular formula is C19H16Cl2N2O2. The molecule has 0 aliphatic rings. The number of hydrogen-bond donors (Lipinski definition) is 0. The molecule has 1 aromatic heterocycles. The molecule has 0 N–H and O–H groups in total. The van der Waals surface area contributed by atoms with Crippen LogP contribution in [0.1, 0.15) is 28.4 Å². The summed E-state index contributed by atoms with van der Waals surface area (Å²) >= 11 is 11.9. The number of halogens is 2. The lowest BCUT2D eigenvalue weighted by Gasteiger charge is -2.04. The summed E-state index contributed by atoms with van der Waals surface area (Å²) in [7, 11) is 1.60. The standard InChI is InChI=1S/C19H16Cl2N2O2/c1-12(24-2)15-6-3-13(4-7-15)10-18-22-19(25-23-18)11-14-5-8-16(20)17(21)9-14/h3-9H,1,10-11H2,2H3.